The summed E-state index contributed by atoms with van der Waals surface area (Å²) >= 11 is 0. The molecule has 1 aromatic heterocycles. The molecule has 4 N–H and O–H groups in total. The zero-order valence-electron chi connectivity index (χ0n) is 13.1. The quantitative estimate of drug-likeness (QED) is 0.493. The highest BCUT2D eigenvalue weighted by Gasteiger charge is 2.43. The van der Waals surface area contributed by atoms with Crippen molar-refractivity contribution in [2.75, 3.05) is 6.61 Å². The van der Waals surface area contributed by atoms with Gasteiger partial charge in [-0.05, 0) is 20.8 Å². The first-order valence-electron chi connectivity index (χ1n) is 7.15. The third-order valence-corrected chi connectivity index (χ3v) is 3.33. The summed E-state index contributed by atoms with van der Waals surface area (Å²) in [5, 5.41) is 28.8. The second-order valence-corrected chi connectivity index (χ2v) is 6.44. The summed E-state index contributed by atoms with van der Waals surface area (Å²) < 4.78 is 6.24. The molecular weight excluding hydrogens is 304 g/mol. The lowest BCUT2D eigenvalue weighted by Crippen LogP contribution is -2.38. The number of aromatic amines is 1. The van der Waals surface area contributed by atoms with Gasteiger partial charge in [-0.1, -0.05) is 11.8 Å². The summed E-state index contributed by atoms with van der Waals surface area (Å²) in [5.41, 5.74) is -1.74. The Labute approximate surface area is 132 Å². The molecule has 1 aliphatic rings. The minimum absolute atomic E-state index is 0.0391. The van der Waals surface area contributed by atoms with Crippen molar-refractivity contribution in [2.24, 2.45) is 5.41 Å². The largest absolute Gasteiger partial charge is 0.394 e. The molecular formula is C15H20N2O6. The van der Waals surface area contributed by atoms with Crippen LogP contribution in [0.1, 0.15) is 32.6 Å². The molecule has 0 aromatic carbocycles. The number of aromatic nitrogens is 2. The fraction of sp³-hybridized carbons (Fsp3) is 0.600. The van der Waals surface area contributed by atoms with Crippen LogP contribution in [0, 0.1) is 17.3 Å². The van der Waals surface area contributed by atoms with E-state index >= 15 is 0 Å². The zero-order valence-corrected chi connectivity index (χ0v) is 13.1. The van der Waals surface area contributed by atoms with Crippen molar-refractivity contribution in [2.45, 2.75) is 45.3 Å². The Morgan fingerprint density at radius 1 is 1.30 bits per heavy atom. The molecule has 23 heavy (non-hydrogen) atoms. The van der Waals surface area contributed by atoms with Gasteiger partial charge in [-0.15, -0.1) is 0 Å². The zero-order chi connectivity index (χ0) is 17.4. The van der Waals surface area contributed by atoms with Crippen LogP contribution in [0.3, 0.4) is 0 Å². The Kier molecular flexibility index (Phi) is 4.77. The maximum atomic E-state index is 12.0. The van der Waals surface area contributed by atoms with Crippen LogP contribution in [0.4, 0.5) is 0 Å². The van der Waals surface area contributed by atoms with Crippen LogP contribution in [0.2, 0.25) is 0 Å². The molecule has 0 unspecified atom stereocenters. The summed E-state index contributed by atoms with van der Waals surface area (Å²) in [4.78, 5) is 25.9. The van der Waals surface area contributed by atoms with Crippen LogP contribution in [-0.4, -0.2) is 49.8 Å². The summed E-state index contributed by atoms with van der Waals surface area (Å²) in [6.45, 7) is 5.10. The van der Waals surface area contributed by atoms with E-state index in [1.807, 2.05) is 20.8 Å². The van der Waals surface area contributed by atoms with Crippen LogP contribution >= 0.6 is 0 Å². The van der Waals surface area contributed by atoms with Gasteiger partial charge in [-0.2, -0.15) is 0 Å². The summed E-state index contributed by atoms with van der Waals surface area (Å²) in [7, 11) is 0. The highest BCUT2D eigenvalue weighted by Crippen LogP contribution is 2.27. The van der Waals surface area contributed by atoms with Gasteiger partial charge in [-0.3, -0.25) is 14.3 Å². The molecule has 0 spiro atoms. The first kappa shape index (κ1) is 17.4. The smallest absolute Gasteiger partial charge is 0.330 e. The first-order chi connectivity index (χ1) is 10.6. The Morgan fingerprint density at radius 3 is 2.48 bits per heavy atom. The predicted molar refractivity (Wildman–Crippen MR) is 80.7 cm³/mol. The fourth-order valence-electron chi connectivity index (χ4n) is 2.13. The van der Waals surface area contributed by atoms with Gasteiger partial charge in [0.25, 0.3) is 5.56 Å². The van der Waals surface area contributed by atoms with Gasteiger partial charge in [-0.25, -0.2) is 4.79 Å². The molecule has 0 radical (unpaired) electrons. The van der Waals surface area contributed by atoms with Crippen molar-refractivity contribution in [3.63, 3.8) is 0 Å². The third kappa shape index (κ3) is 3.71. The monoisotopic (exact) mass is 324 g/mol. The predicted octanol–water partition coefficient (Wildman–Crippen LogP) is -1.45. The van der Waals surface area contributed by atoms with E-state index in [-0.39, 0.29) is 11.0 Å². The topological polar surface area (TPSA) is 125 Å². The Morgan fingerprint density at radius 2 is 1.96 bits per heavy atom. The van der Waals surface area contributed by atoms with Crippen molar-refractivity contribution in [1.29, 1.82) is 0 Å². The lowest BCUT2D eigenvalue weighted by molar-refractivity contribution is -0.0550. The fourth-order valence-corrected chi connectivity index (χ4v) is 2.13. The molecule has 0 aliphatic carbocycles. The van der Waals surface area contributed by atoms with Gasteiger partial charge in [0, 0.05) is 11.6 Å². The summed E-state index contributed by atoms with van der Waals surface area (Å²) in [5.74, 6) is 5.57. The minimum Gasteiger partial charge on any atom is -0.394 e. The van der Waals surface area contributed by atoms with E-state index in [0.717, 1.165) is 4.57 Å². The number of hydrogen-bond acceptors (Lipinski definition) is 6. The molecule has 0 bridgehead atoms. The van der Waals surface area contributed by atoms with Crippen LogP contribution in [0.5, 0.6) is 0 Å². The SMILES string of the molecule is CC(C)(C)C#Cc1cn([C@@H]2O[C@H](CO)[C@@H](O)[C@H]2O)c(=O)[nH]c1=O. The maximum Gasteiger partial charge on any atom is 0.330 e. The van der Waals surface area contributed by atoms with E-state index in [0.29, 0.717) is 0 Å². The number of nitrogens with zero attached hydrogens (tertiary/aromatic N) is 1. The van der Waals surface area contributed by atoms with Gasteiger partial charge in [0.1, 0.15) is 23.9 Å². The molecule has 2 rings (SSSR count). The molecule has 1 aliphatic heterocycles. The van der Waals surface area contributed by atoms with Crippen LogP contribution < -0.4 is 11.2 Å². The standard InChI is InChI=1S/C15H20N2O6/c1-15(2,3)5-4-8-6-17(14(22)16-12(8)21)13-11(20)10(19)9(7-18)23-13/h6,9-11,13,18-20H,7H2,1-3H3,(H,16,21,22)/t9-,10-,11-,13-/m1/s1. The van der Waals surface area contributed by atoms with Gasteiger partial charge in [0.15, 0.2) is 6.23 Å². The Bertz CT molecular complexity index is 748. The Hall–Kier alpha value is -1.92. The Balaban J connectivity index is 2.46. The number of aliphatic hydroxyl groups is 3. The van der Waals surface area contributed by atoms with Crippen LogP contribution in [0.25, 0.3) is 0 Å². The highest BCUT2D eigenvalue weighted by molar-refractivity contribution is 5.31. The number of rotatable bonds is 2. The number of hydrogen-bond donors (Lipinski definition) is 4. The van der Waals surface area contributed by atoms with E-state index < -0.39 is 42.4 Å². The first-order valence-corrected chi connectivity index (χ1v) is 7.15. The number of aliphatic hydroxyl groups excluding tert-OH is 3. The minimum atomic E-state index is -1.42. The lowest BCUT2D eigenvalue weighted by Gasteiger charge is -2.17. The maximum absolute atomic E-state index is 12.0. The molecule has 1 saturated heterocycles. The van der Waals surface area contributed by atoms with Crippen molar-refractivity contribution < 1.29 is 20.1 Å². The van der Waals surface area contributed by atoms with E-state index in [2.05, 4.69) is 16.8 Å². The summed E-state index contributed by atoms with van der Waals surface area (Å²) in [6.07, 6.45) is -3.81. The van der Waals surface area contributed by atoms with Crippen molar-refractivity contribution >= 4 is 0 Å². The third-order valence-electron chi connectivity index (χ3n) is 3.33. The van der Waals surface area contributed by atoms with Gasteiger partial charge in [0.05, 0.1) is 6.61 Å². The van der Waals surface area contributed by atoms with Crippen LogP contribution in [-0.2, 0) is 4.74 Å². The molecule has 126 valence electrons. The average Bonchev–Trinajstić information content (AvgIpc) is 2.73. The number of ether oxygens (including phenoxy) is 1. The van der Waals surface area contributed by atoms with Crippen molar-refractivity contribution in [3.05, 3.63) is 32.6 Å². The van der Waals surface area contributed by atoms with E-state index in [9.17, 15) is 19.8 Å². The molecule has 8 heteroatoms. The molecule has 8 nitrogen and oxygen atoms in total. The molecule has 1 aromatic rings. The van der Waals surface area contributed by atoms with Crippen molar-refractivity contribution in [1.82, 2.24) is 9.55 Å². The average molecular weight is 324 g/mol. The normalized spacial score (nSPS) is 27.6. The second kappa shape index (κ2) is 6.29. The van der Waals surface area contributed by atoms with E-state index in [1.54, 1.807) is 0 Å². The van der Waals surface area contributed by atoms with Crippen molar-refractivity contribution in [3.8, 4) is 11.8 Å². The van der Waals surface area contributed by atoms with Gasteiger partial charge >= 0.3 is 5.69 Å². The molecule has 4 atom stereocenters. The van der Waals surface area contributed by atoms with E-state index in [4.69, 9.17) is 9.84 Å². The number of nitrogens with one attached hydrogen (secondary N) is 1. The highest BCUT2D eigenvalue weighted by atomic mass is 16.6. The molecule has 1 fully saturated rings. The van der Waals surface area contributed by atoms with E-state index in [1.165, 1.54) is 6.20 Å². The van der Waals surface area contributed by atoms with Gasteiger partial charge in [0.2, 0.25) is 0 Å². The van der Waals surface area contributed by atoms with Crippen LogP contribution in [0.15, 0.2) is 15.8 Å². The molecule has 2 heterocycles. The number of H-pyrrole nitrogens is 1. The second-order valence-electron chi connectivity index (χ2n) is 6.44. The van der Waals surface area contributed by atoms with Gasteiger partial charge < -0.3 is 20.1 Å². The summed E-state index contributed by atoms with van der Waals surface area (Å²) in [6, 6.07) is 0. The lowest BCUT2D eigenvalue weighted by atomic mass is 9.98. The molecule has 0 amide bonds. The molecule has 0 saturated carbocycles.